The van der Waals surface area contributed by atoms with E-state index in [2.05, 4.69) is 18.7 Å². The van der Waals surface area contributed by atoms with Crippen LogP contribution in [-0.2, 0) is 0 Å². The Balaban J connectivity index is 2.55. The molecule has 0 saturated carbocycles. The van der Waals surface area contributed by atoms with Crippen LogP contribution in [0.4, 0.5) is 0 Å². The Labute approximate surface area is 84.7 Å². The third-order valence-corrected chi connectivity index (χ3v) is 2.45. The lowest BCUT2D eigenvalue weighted by Crippen LogP contribution is -2.32. The van der Waals surface area contributed by atoms with E-state index in [-0.39, 0.29) is 5.60 Å². The summed E-state index contributed by atoms with van der Waals surface area (Å²) < 4.78 is 5.85. The van der Waals surface area contributed by atoms with Crippen LogP contribution in [0.5, 0.6) is 5.75 Å². The van der Waals surface area contributed by atoms with Gasteiger partial charge in [0.2, 0.25) is 0 Å². The molecule has 1 aromatic rings. The van der Waals surface area contributed by atoms with Crippen LogP contribution in [0.1, 0.15) is 19.4 Å². The first kappa shape index (κ1) is 9.07. The van der Waals surface area contributed by atoms with Gasteiger partial charge >= 0.3 is 0 Å². The molecule has 71 valence electrons. The third-order valence-electron chi connectivity index (χ3n) is 2.45. The molecule has 2 rings (SSSR count). The standard InChI is InChI=1S/C13H13O/c1-4-11-9-10-7-5-6-8-12(10)14-13(11,2)3/h4-5,7-9H,1H2,2-3H3. The molecule has 1 nitrogen and oxygen atoms in total. The molecule has 0 unspecified atom stereocenters. The molecule has 1 heteroatoms. The zero-order valence-corrected chi connectivity index (χ0v) is 8.50. The van der Waals surface area contributed by atoms with Crippen molar-refractivity contribution in [2.75, 3.05) is 0 Å². The Kier molecular flexibility index (Phi) is 1.95. The van der Waals surface area contributed by atoms with Gasteiger partial charge in [-0.2, -0.15) is 0 Å². The molecule has 14 heavy (non-hydrogen) atoms. The molecule has 1 aliphatic heterocycles. The van der Waals surface area contributed by atoms with E-state index in [1.807, 2.05) is 38.1 Å². The maximum atomic E-state index is 5.85. The van der Waals surface area contributed by atoms with E-state index < -0.39 is 0 Å². The Morgan fingerprint density at radius 3 is 3.00 bits per heavy atom. The van der Waals surface area contributed by atoms with Crippen molar-refractivity contribution in [1.82, 2.24) is 0 Å². The van der Waals surface area contributed by atoms with Gasteiger partial charge in [-0.1, -0.05) is 24.8 Å². The summed E-state index contributed by atoms with van der Waals surface area (Å²) in [5, 5.41) is 0. The van der Waals surface area contributed by atoms with Crippen LogP contribution in [0, 0.1) is 6.07 Å². The van der Waals surface area contributed by atoms with Gasteiger partial charge in [0.15, 0.2) is 0 Å². The number of benzene rings is 1. The van der Waals surface area contributed by atoms with Crippen LogP contribution in [0.3, 0.4) is 0 Å². The number of rotatable bonds is 1. The molecule has 1 heterocycles. The zero-order valence-electron chi connectivity index (χ0n) is 8.50. The number of hydrogen-bond donors (Lipinski definition) is 0. The molecular weight excluding hydrogens is 172 g/mol. The summed E-state index contributed by atoms with van der Waals surface area (Å²) in [6.07, 6.45) is 3.96. The maximum Gasteiger partial charge on any atom is 0.128 e. The molecule has 0 fully saturated rings. The molecule has 1 radical (unpaired) electrons. The van der Waals surface area contributed by atoms with E-state index in [0.717, 1.165) is 16.9 Å². The highest BCUT2D eigenvalue weighted by molar-refractivity contribution is 5.66. The predicted molar refractivity (Wildman–Crippen MR) is 58.2 cm³/mol. The van der Waals surface area contributed by atoms with Gasteiger partial charge in [-0.25, -0.2) is 0 Å². The van der Waals surface area contributed by atoms with Crippen LogP contribution < -0.4 is 4.74 Å². The first-order valence-corrected chi connectivity index (χ1v) is 4.67. The van der Waals surface area contributed by atoms with Crippen LogP contribution in [0.2, 0.25) is 0 Å². The Morgan fingerprint density at radius 1 is 1.50 bits per heavy atom. The average Bonchev–Trinajstić information content (AvgIpc) is 2.15. The van der Waals surface area contributed by atoms with E-state index in [9.17, 15) is 0 Å². The first-order chi connectivity index (χ1) is 6.63. The van der Waals surface area contributed by atoms with E-state index in [0.29, 0.717) is 0 Å². The van der Waals surface area contributed by atoms with Crippen molar-refractivity contribution in [3.8, 4) is 5.75 Å². The van der Waals surface area contributed by atoms with Gasteiger partial charge < -0.3 is 4.74 Å². The quantitative estimate of drug-likeness (QED) is 0.652. The number of fused-ring (bicyclic) bond motifs is 1. The second-order valence-corrected chi connectivity index (χ2v) is 3.88. The van der Waals surface area contributed by atoms with Crippen LogP contribution in [0.15, 0.2) is 36.4 Å². The second-order valence-electron chi connectivity index (χ2n) is 3.88. The monoisotopic (exact) mass is 185 g/mol. The predicted octanol–water partition coefficient (Wildman–Crippen LogP) is 3.23. The van der Waals surface area contributed by atoms with E-state index in [4.69, 9.17) is 4.74 Å². The highest BCUT2D eigenvalue weighted by Gasteiger charge is 2.27. The molecule has 0 amide bonds. The lowest BCUT2D eigenvalue weighted by atomic mass is 9.92. The minimum Gasteiger partial charge on any atom is -0.483 e. The minimum atomic E-state index is -0.288. The first-order valence-electron chi connectivity index (χ1n) is 4.67. The minimum absolute atomic E-state index is 0.288. The number of hydrogen-bond acceptors (Lipinski definition) is 1. The lowest BCUT2D eigenvalue weighted by Gasteiger charge is -2.32. The molecule has 0 spiro atoms. The summed E-state index contributed by atoms with van der Waals surface area (Å²) in [5.74, 6) is 0.892. The number of ether oxygens (including phenoxy) is 1. The maximum absolute atomic E-state index is 5.85. The summed E-state index contributed by atoms with van der Waals surface area (Å²) in [4.78, 5) is 0. The van der Waals surface area contributed by atoms with Crippen LogP contribution in [-0.4, -0.2) is 5.60 Å². The van der Waals surface area contributed by atoms with Crippen molar-refractivity contribution in [2.24, 2.45) is 0 Å². The van der Waals surface area contributed by atoms with Crippen molar-refractivity contribution in [3.63, 3.8) is 0 Å². The Hall–Kier alpha value is -1.50. The fraction of sp³-hybridized carbons (Fsp3) is 0.231. The highest BCUT2D eigenvalue weighted by Crippen LogP contribution is 2.35. The van der Waals surface area contributed by atoms with Crippen LogP contribution >= 0.6 is 0 Å². The molecule has 0 bridgehead atoms. The summed E-state index contributed by atoms with van der Waals surface area (Å²) in [5.41, 5.74) is 1.92. The molecule has 0 aliphatic carbocycles. The summed E-state index contributed by atoms with van der Waals surface area (Å²) in [6.45, 7) is 7.87. The van der Waals surface area contributed by atoms with Crippen molar-refractivity contribution in [2.45, 2.75) is 19.4 Å². The normalized spacial score (nSPS) is 17.7. The van der Waals surface area contributed by atoms with Gasteiger partial charge in [0.05, 0.1) is 0 Å². The van der Waals surface area contributed by atoms with Gasteiger partial charge in [0, 0.05) is 5.56 Å². The lowest BCUT2D eigenvalue weighted by molar-refractivity contribution is 0.149. The van der Waals surface area contributed by atoms with Gasteiger partial charge in [-0.05, 0) is 37.6 Å². The van der Waals surface area contributed by atoms with Crippen molar-refractivity contribution in [3.05, 3.63) is 48.1 Å². The zero-order chi connectivity index (χ0) is 10.2. The molecule has 1 aliphatic rings. The van der Waals surface area contributed by atoms with Gasteiger partial charge in [0.1, 0.15) is 11.4 Å². The molecular formula is C13H13O. The largest absolute Gasteiger partial charge is 0.483 e. The van der Waals surface area contributed by atoms with E-state index in [1.165, 1.54) is 0 Å². The summed E-state index contributed by atoms with van der Waals surface area (Å²) >= 11 is 0. The van der Waals surface area contributed by atoms with E-state index >= 15 is 0 Å². The Morgan fingerprint density at radius 2 is 2.29 bits per heavy atom. The Bertz CT molecular complexity index is 399. The van der Waals surface area contributed by atoms with Gasteiger partial charge in [-0.15, -0.1) is 0 Å². The summed E-state index contributed by atoms with van der Waals surface area (Å²) in [7, 11) is 0. The second kappa shape index (κ2) is 3.02. The molecule has 0 saturated heterocycles. The third kappa shape index (κ3) is 1.35. The molecule has 0 N–H and O–H groups in total. The van der Waals surface area contributed by atoms with E-state index in [1.54, 1.807) is 0 Å². The van der Waals surface area contributed by atoms with Gasteiger partial charge in [0.25, 0.3) is 0 Å². The molecule has 1 aromatic carbocycles. The molecule has 0 aromatic heterocycles. The topological polar surface area (TPSA) is 9.23 Å². The smallest absolute Gasteiger partial charge is 0.128 e. The fourth-order valence-corrected chi connectivity index (χ4v) is 1.61. The average molecular weight is 185 g/mol. The van der Waals surface area contributed by atoms with Crippen molar-refractivity contribution in [1.29, 1.82) is 0 Å². The van der Waals surface area contributed by atoms with Crippen molar-refractivity contribution >= 4 is 6.08 Å². The fourth-order valence-electron chi connectivity index (χ4n) is 1.61. The van der Waals surface area contributed by atoms with Crippen LogP contribution in [0.25, 0.3) is 6.08 Å². The van der Waals surface area contributed by atoms with Gasteiger partial charge in [-0.3, -0.25) is 0 Å². The SMILES string of the molecule is C=CC1=Cc2cc[c]cc2OC1(C)C. The summed E-state index contributed by atoms with van der Waals surface area (Å²) in [6, 6.07) is 8.76. The highest BCUT2D eigenvalue weighted by atomic mass is 16.5. The van der Waals surface area contributed by atoms with Crippen molar-refractivity contribution < 1.29 is 4.74 Å². The molecule has 0 atom stereocenters.